The molecule has 2 N–H and O–H groups in total. The number of amides is 1. The van der Waals surface area contributed by atoms with Crippen molar-refractivity contribution >= 4 is 12.1 Å². The molecule has 1 aliphatic rings. The predicted molar refractivity (Wildman–Crippen MR) is 130 cm³/mol. The van der Waals surface area contributed by atoms with E-state index in [1.807, 2.05) is 34.9 Å². The van der Waals surface area contributed by atoms with Crippen molar-refractivity contribution in [1.82, 2.24) is 25.3 Å². The molecule has 31 heavy (non-hydrogen) atoms. The summed E-state index contributed by atoms with van der Waals surface area (Å²) in [6, 6.07) is 0.0524. The normalized spacial score (nSPS) is 17.9. The molecule has 0 spiro atoms. The minimum Gasteiger partial charge on any atom is -0.444 e. The Morgan fingerprint density at radius 2 is 1.90 bits per heavy atom. The van der Waals surface area contributed by atoms with Gasteiger partial charge >= 0.3 is 6.09 Å². The molecule has 0 saturated carbocycles. The van der Waals surface area contributed by atoms with Crippen LogP contribution in [0.15, 0.2) is 4.99 Å². The molecule has 0 aromatic heterocycles. The minimum atomic E-state index is -0.488. The molecule has 1 amide bonds. The topological polar surface area (TPSA) is 72.4 Å². The third-order valence-electron chi connectivity index (χ3n) is 5.60. The molecule has 1 unspecified atom stereocenters. The molecule has 0 aliphatic carbocycles. The highest BCUT2D eigenvalue weighted by Crippen LogP contribution is 2.11. The maximum absolute atomic E-state index is 12.2. The third kappa shape index (κ3) is 12.2. The SMILES string of the molecule is CN=C(NCCCN1CCCN(C)CC1)N(C)CCC(NC(=O)OC(C)(C)C)C(C)C. The number of ether oxygens (including phenoxy) is 1. The average molecular weight is 441 g/mol. The van der Waals surface area contributed by atoms with Gasteiger partial charge in [-0.15, -0.1) is 0 Å². The quantitative estimate of drug-likeness (QED) is 0.326. The number of hydrogen-bond donors (Lipinski definition) is 2. The summed E-state index contributed by atoms with van der Waals surface area (Å²) in [5.41, 5.74) is -0.488. The van der Waals surface area contributed by atoms with E-state index in [4.69, 9.17) is 4.74 Å². The largest absolute Gasteiger partial charge is 0.444 e. The van der Waals surface area contributed by atoms with E-state index < -0.39 is 5.60 Å². The van der Waals surface area contributed by atoms with Crippen LogP contribution in [0.2, 0.25) is 0 Å². The van der Waals surface area contributed by atoms with E-state index in [1.165, 1.54) is 19.5 Å². The van der Waals surface area contributed by atoms with Gasteiger partial charge in [-0.25, -0.2) is 4.79 Å². The number of carbonyl (C=O) groups excluding carboxylic acids is 1. The Morgan fingerprint density at radius 3 is 2.52 bits per heavy atom. The minimum absolute atomic E-state index is 0.0524. The van der Waals surface area contributed by atoms with Crippen LogP contribution in [0.25, 0.3) is 0 Å². The lowest BCUT2D eigenvalue weighted by molar-refractivity contribution is 0.0486. The maximum Gasteiger partial charge on any atom is 0.407 e. The van der Waals surface area contributed by atoms with Crippen LogP contribution in [-0.4, -0.2) is 105 Å². The van der Waals surface area contributed by atoms with Crippen molar-refractivity contribution in [3.05, 3.63) is 0 Å². The molecule has 0 aromatic carbocycles. The summed E-state index contributed by atoms with van der Waals surface area (Å²) in [4.78, 5) is 23.7. The molecular formula is C23H48N6O2. The van der Waals surface area contributed by atoms with Gasteiger partial charge in [0.1, 0.15) is 5.60 Å². The van der Waals surface area contributed by atoms with Crippen LogP contribution >= 0.6 is 0 Å². The summed E-state index contributed by atoms with van der Waals surface area (Å²) in [6.45, 7) is 17.4. The molecule has 0 radical (unpaired) electrons. The molecule has 0 bridgehead atoms. The molecule has 1 heterocycles. The van der Waals surface area contributed by atoms with E-state index in [2.05, 4.69) is 51.2 Å². The number of alkyl carbamates (subject to hydrolysis) is 1. The fourth-order valence-electron chi connectivity index (χ4n) is 3.68. The standard InChI is InChI=1S/C23H48N6O2/c1-19(2)20(26-22(30)31-23(3,4)5)11-16-28(8)21(24-6)25-12-9-14-29-15-10-13-27(7)17-18-29/h19-20H,9-18H2,1-8H3,(H,24,25)(H,26,30). The summed E-state index contributed by atoms with van der Waals surface area (Å²) in [5, 5.41) is 6.51. The summed E-state index contributed by atoms with van der Waals surface area (Å²) < 4.78 is 5.42. The van der Waals surface area contributed by atoms with Gasteiger partial charge in [0.15, 0.2) is 5.96 Å². The highest BCUT2D eigenvalue weighted by molar-refractivity contribution is 5.79. The Balaban J connectivity index is 2.37. The van der Waals surface area contributed by atoms with Crippen LogP contribution in [0.5, 0.6) is 0 Å². The number of carbonyl (C=O) groups is 1. The molecule has 8 heteroatoms. The van der Waals surface area contributed by atoms with Crippen LogP contribution in [0.4, 0.5) is 4.79 Å². The van der Waals surface area contributed by atoms with Crippen molar-refractivity contribution in [2.24, 2.45) is 10.9 Å². The van der Waals surface area contributed by atoms with E-state index in [1.54, 1.807) is 0 Å². The molecule has 1 aliphatic heterocycles. The van der Waals surface area contributed by atoms with Crippen molar-refractivity contribution in [2.75, 3.05) is 67.0 Å². The first-order valence-corrected chi connectivity index (χ1v) is 11.8. The van der Waals surface area contributed by atoms with Gasteiger partial charge in [0, 0.05) is 46.3 Å². The van der Waals surface area contributed by atoms with Gasteiger partial charge in [-0.05, 0) is 72.6 Å². The number of hydrogen-bond acceptors (Lipinski definition) is 5. The molecule has 1 rings (SSSR count). The van der Waals surface area contributed by atoms with Crippen LogP contribution in [0.3, 0.4) is 0 Å². The van der Waals surface area contributed by atoms with Gasteiger partial charge in [-0.2, -0.15) is 0 Å². The molecule has 8 nitrogen and oxygen atoms in total. The van der Waals surface area contributed by atoms with Gasteiger partial charge in [-0.1, -0.05) is 13.8 Å². The van der Waals surface area contributed by atoms with E-state index in [0.717, 1.165) is 51.5 Å². The van der Waals surface area contributed by atoms with Gasteiger partial charge in [0.2, 0.25) is 0 Å². The lowest BCUT2D eigenvalue weighted by atomic mass is 10.0. The number of aliphatic imine (C=N–C) groups is 1. The molecule has 1 fully saturated rings. The second-order valence-electron chi connectivity index (χ2n) is 10.0. The summed E-state index contributed by atoms with van der Waals surface area (Å²) in [7, 11) is 6.07. The first-order chi connectivity index (χ1) is 14.5. The number of rotatable bonds is 9. The monoisotopic (exact) mass is 440 g/mol. The first-order valence-electron chi connectivity index (χ1n) is 11.8. The fraction of sp³-hybridized carbons (Fsp3) is 0.913. The Hall–Kier alpha value is -1.54. The Bertz CT molecular complexity index is 547. The van der Waals surface area contributed by atoms with Crippen LogP contribution in [-0.2, 0) is 4.74 Å². The molecular weight excluding hydrogens is 392 g/mol. The van der Waals surface area contributed by atoms with Crippen molar-refractivity contribution in [1.29, 1.82) is 0 Å². The second-order valence-corrected chi connectivity index (χ2v) is 10.0. The van der Waals surface area contributed by atoms with E-state index in [9.17, 15) is 4.79 Å². The van der Waals surface area contributed by atoms with Crippen molar-refractivity contribution in [2.45, 2.75) is 65.5 Å². The van der Waals surface area contributed by atoms with E-state index in [0.29, 0.717) is 5.92 Å². The Kier molecular flexibility index (Phi) is 12.2. The maximum atomic E-state index is 12.2. The zero-order valence-corrected chi connectivity index (χ0v) is 21.3. The van der Waals surface area contributed by atoms with Crippen molar-refractivity contribution in [3.63, 3.8) is 0 Å². The van der Waals surface area contributed by atoms with E-state index in [-0.39, 0.29) is 12.1 Å². The van der Waals surface area contributed by atoms with Gasteiger partial charge < -0.3 is 30.1 Å². The molecule has 0 aromatic rings. The summed E-state index contributed by atoms with van der Waals surface area (Å²) >= 11 is 0. The Morgan fingerprint density at radius 1 is 1.19 bits per heavy atom. The number of guanidine groups is 1. The molecule has 1 atom stereocenters. The predicted octanol–water partition coefficient (Wildman–Crippen LogP) is 2.46. The first kappa shape index (κ1) is 27.5. The van der Waals surface area contributed by atoms with Crippen molar-refractivity contribution in [3.8, 4) is 0 Å². The Labute approximate surface area is 190 Å². The lowest BCUT2D eigenvalue weighted by Crippen LogP contribution is -2.45. The summed E-state index contributed by atoms with van der Waals surface area (Å²) in [6.07, 6.45) is 2.83. The van der Waals surface area contributed by atoms with Gasteiger partial charge in [0.25, 0.3) is 0 Å². The van der Waals surface area contributed by atoms with Crippen LogP contribution in [0.1, 0.15) is 53.9 Å². The van der Waals surface area contributed by atoms with Crippen LogP contribution < -0.4 is 10.6 Å². The highest BCUT2D eigenvalue weighted by atomic mass is 16.6. The zero-order valence-electron chi connectivity index (χ0n) is 21.3. The van der Waals surface area contributed by atoms with Gasteiger partial charge in [0.05, 0.1) is 0 Å². The van der Waals surface area contributed by atoms with Crippen molar-refractivity contribution < 1.29 is 9.53 Å². The third-order valence-corrected chi connectivity index (χ3v) is 5.60. The lowest BCUT2D eigenvalue weighted by Gasteiger charge is -2.28. The number of nitrogens with zero attached hydrogens (tertiary/aromatic N) is 4. The van der Waals surface area contributed by atoms with E-state index >= 15 is 0 Å². The second kappa shape index (κ2) is 13.8. The zero-order chi connectivity index (χ0) is 23.4. The molecule has 182 valence electrons. The van der Waals surface area contributed by atoms with Gasteiger partial charge in [-0.3, -0.25) is 4.99 Å². The average Bonchev–Trinajstić information content (AvgIpc) is 2.87. The highest BCUT2D eigenvalue weighted by Gasteiger charge is 2.22. The number of nitrogens with one attached hydrogen (secondary N) is 2. The number of likely N-dealkylation sites (N-methyl/N-ethyl adjacent to an activating group) is 1. The fourth-order valence-corrected chi connectivity index (χ4v) is 3.68. The van der Waals surface area contributed by atoms with Crippen LogP contribution in [0, 0.1) is 5.92 Å². The molecule has 1 saturated heterocycles. The smallest absolute Gasteiger partial charge is 0.407 e. The summed E-state index contributed by atoms with van der Waals surface area (Å²) in [5.74, 6) is 1.22.